The van der Waals surface area contributed by atoms with Gasteiger partial charge in [-0.3, -0.25) is 0 Å². The van der Waals surface area contributed by atoms with Gasteiger partial charge >= 0.3 is 0 Å². The van der Waals surface area contributed by atoms with E-state index in [4.69, 9.17) is 0 Å². The summed E-state index contributed by atoms with van der Waals surface area (Å²) >= 11 is 0. The molecule has 1 rings (SSSR count). The van der Waals surface area contributed by atoms with Gasteiger partial charge in [-0.05, 0) is 51.7 Å². The van der Waals surface area contributed by atoms with Gasteiger partial charge in [0, 0.05) is 31.7 Å². The lowest BCUT2D eigenvalue weighted by Gasteiger charge is -2.36. The average Bonchev–Trinajstić information content (AvgIpc) is 2.53. The Morgan fingerprint density at radius 3 is 2.05 bits per heavy atom. The zero-order valence-corrected chi connectivity index (χ0v) is 14.5. The molecule has 0 aromatic heterocycles. The lowest BCUT2D eigenvalue weighted by atomic mass is 9.91. The third-order valence-electron chi connectivity index (χ3n) is 4.86. The fourth-order valence-electron chi connectivity index (χ4n) is 3.22. The second-order valence-electron chi connectivity index (χ2n) is 6.51. The molecule has 4 nitrogen and oxygen atoms in total. The van der Waals surface area contributed by atoms with Crippen LogP contribution in [0, 0.1) is 0 Å². The molecule has 1 fully saturated rings. The van der Waals surface area contributed by atoms with E-state index in [0.717, 1.165) is 25.8 Å². The van der Waals surface area contributed by atoms with Crippen LogP contribution in [0.1, 0.15) is 52.9 Å². The molecule has 0 spiro atoms. The van der Waals surface area contributed by atoms with E-state index in [1.54, 1.807) is 0 Å². The third kappa shape index (κ3) is 6.64. The number of hydrogen-bond acceptors (Lipinski definition) is 4. The van der Waals surface area contributed by atoms with Crippen molar-refractivity contribution >= 4 is 0 Å². The Bertz CT molecular complexity index is 248. The first-order valence-electron chi connectivity index (χ1n) is 9.00. The van der Waals surface area contributed by atoms with E-state index in [1.165, 1.54) is 52.1 Å². The van der Waals surface area contributed by atoms with Crippen molar-refractivity contribution in [2.45, 2.75) is 58.4 Å². The maximum Gasteiger partial charge on any atom is 0.0613 e. The summed E-state index contributed by atoms with van der Waals surface area (Å²) in [4.78, 5) is 5.16. The van der Waals surface area contributed by atoms with Crippen LogP contribution in [0.4, 0.5) is 0 Å². The first-order chi connectivity index (χ1) is 10.2. The summed E-state index contributed by atoms with van der Waals surface area (Å²) in [5.41, 5.74) is -0.0555. The molecule has 126 valence electrons. The summed E-state index contributed by atoms with van der Waals surface area (Å²) in [5.74, 6) is 0. The molecular formula is C17H37N3O. The van der Waals surface area contributed by atoms with Gasteiger partial charge in [-0.15, -0.1) is 0 Å². The van der Waals surface area contributed by atoms with Crippen LogP contribution >= 0.6 is 0 Å². The predicted molar refractivity (Wildman–Crippen MR) is 90.8 cm³/mol. The summed E-state index contributed by atoms with van der Waals surface area (Å²) in [6.45, 7) is 15.2. The smallest absolute Gasteiger partial charge is 0.0613 e. The van der Waals surface area contributed by atoms with Gasteiger partial charge < -0.3 is 20.2 Å². The summed E-state index contributed by atoms with van der Waals surface area (Å²) in [6.07, 6.45) is 5.65. The van der Waals surface area contributed by atoms with Crippen molar-refractivity contribution in [3.05, 3.63) is 0 Å². The average molecular weight is 300 g/mol. The molecule has 21 heavy (non-hydrogen) atoms. The summed E-state index contributed by atoms with van der Waals surface area (Å²) in [7, 11) is 0. The molecule has 1 heterocycles. The minimum atomic E-state index is -0.0555. The van der Waals surface area contributed by atoms with Crippen molar-refractivity contribution in [2.24, 2.45) is 0 Å². The molecule has 2 N–H and O–H groups in total. The topological polar surface area (TPSA) is 38.7 Å². The summed E-state index contributed by atoms with van der Waals surface area (Å²) in [5, 5.41) is 13.3. The largest absolute Gasteiger partial charge is 0.394 e. The minimum absolute atomic E-state index is 0.0555. The molecule has 1 atom stereocenters. The lowest BCUT2D eigenvalue weighted by molar-refractivity contribution is 0.114. The van der Waals surface area contributed by atoms with Crippen LogP contribution in [0.25, 0.3) is 0 Å². The zero-order chi connectivity index (χ0) is 15.6. The molecule has 1 aliphatic heterocycles. The summed E-state index contributed by atoms with van der Waals surface area (Å²) < 4.78 is 0. The SMILES string of the molecule is CCCNC(CC)(CO)CCCN1CCN(CCC)CC1. The maximum absolute atomic E-state index is 9.75. The monoisotopic (exact) mass is 299 g/mol. The fraction of sp³-hybridized carbons (Fsp3) is 1.00. The molecule has 0 amide bonds. The standard InChI is InChI=1S/C17H37N3O/c1-4-9-18-17(6-3,16-21)8-7-11-20-14-12-19(10-5-2)13-15-20/h18,21H,4-16H2,1-3H3. The first-order valence-corrected chi connectivity index (χ1v) is 9.00. The molecule has 4 heteroatoms. The fourth-order valence-corrected chi connectivity index (χ4v) is 3.22. The lowest BCUT2D eigenvalue weighted by Crippen LogP contribution is -2.50. The predicted octanol–water partition coefficient (Wildman–Crippen LogP) is 1.93. The highest BCUT2D eigenvalue weighted by Crippen LogP contribution is 2.18. The van der Waals surface area contributed by atoms with Crippen molar-refractivity contribution in [1.82, 2.24) is 15.1 Å². The van der Waals surface area contributed by atoms with E-state index in [-0.39, 0.29) is 12.1 Å². The van der Waals surface area contributed by atoms with Gasteiger partial charge in [0.15, 0.2) is 0 Å². The Hall–Kier alpha value is -0.160. The molecule has 0 aliphatic carbocycles. The van der Waals surface area contributed by atoms with Gasteiger partial charge in [-0.25, -0.2) is 0 Å². The van der Waals surface area contributed by atoms with E-state index in [1.807, 2.05) is 0 Å². The number of nitrogens with zero attached hydrogens (tertiary/aromatic N) is 2. The molecule has 0 aromatic carbocycles. The molecule has 0 bridgehead atoms. The van der Waals surface area contributed by atoms with Crippen LogP contribution in [-0.4, -0.2) is 72.9 Å². The second-order valence-corrected chi connectivity index (χ2v) is 6.51. The van der Waals surface area contributed by atoms with Gasteiger partial charge in [0.25, 0.3) is 0 Å². The van der Waals surface area contributed by atoms with Crippen molar-refractivity contribution in [3.63, 3.8) is 0 Å². The number of aliphatic hydroxyl groups excluding tert-OH is 1. The van der Waals surface area contributed by atoms with Gasteiger partial charge in [-0.1, -0.05) is 20.8 Å². The normalized spacial score (nSPS) is 20.6. The van der Waals surface area contributed by atoms with Crippen molar-refractivity contribution < 1.29 is 5.11 Å². The minimum Gasteiger partial charge on any atom is -0.394 e. The Morgan fingerprint density at radius 1 is 0.952 bits per heavy atom. The molecule has 1 aliphatic rings. The van der Waals surface area contributed by atoms with Gasteiger partial charge in [0.05, 0.1) is 6.61 Å². The van der Waals surface area contributed by atoms with Crippen LogP contribution in [-0.2, 0) is 0 Å². The quantitative estimate of drug-likeness (QED) is 0.611. The second kappa shape index (κ2) is 10.5. The molecule has 0 saturated carbocycles. The van der Waals surface area contributed by atoms with E-state index >= 15 is 0 Å². The number of rotatable bonds is 11. The van der Waals surface area contributed by atoms with E-state index < -0.39 is 0 Å². The van der Waals surface area contributed by atoms with Crippen molar-refractivity contribution in [1.29, 1.82) is 0 Å². The van der Waals surface area contributed by atoms with Crippen molar-refractivity contribution in [2.75, 3.05) is 52.4 Å². The van der Waals surface area contributed by atoms with Gasteiger partial charge in [0.1, 0.15) is 0 Å². The van der Waals surface area contributed by atoms with Crippen LogP contribution in [0.15, 0.2) is 0 Å². The zero-order valence-electron chi connectivity index (χ0n) is 14.5. The molecule has 1 unspecified atom stereocenters. The third-order valence-corrected chi connectivity index (χ3v) is 4.86. The highest BCUT2D eigenvalue weighted by Gasteiger charge is 2.26. The van der Waals surface area contributed by atoms with Gasteiger partial charge in [-0.2, -0.15) is 0 Å². The highest BCUT2D eigenvalue weighted by atomic mass is 16.3. The van der Waals surface area contributed by atoms with E-state index in [9.17, 15) is 5.11 Å². The molecule has 0 radical (unpaired) electrons. The maximum atomic E-state index is 9.75. The molecular weight excluding hydrogens is 262 g/mol. The Labute approximate surface area is 131 Å². The number of hydrogen-bond donors (Lipinski definition) is 2. The number of aliphatic hydroxyl groups is 1. The first kappa shape index (κ1) is 18.9. The number of piperazine rings is 1. The van der Waals surface area contributed by atoms with Crippen LogP contribution in [0.3, 0.4) is 0 Å². The Morgan fingerprint density at radius 2 is 1.57 bits per heavy atom. The van der Waals surface area contributed by atoms with E-state index in [2.05, 4.69) is 35.9 Å². The molecule has 1 saturated heterocycles. The van der Waals surface area contributed by atoms with Crippen molar-refractivity contribution in [3.8, 4) is 0 Å². The Kier molecular flexibility index (Phi) is 9.49. The van der Waals surface area contributed by atoms with Crippen LogP contribution in [0.2, 0.25) is 0 Å². The molecule has 0 aromatic rings. The number of nitrogens with one attached hydrogen (secondary N) is 1. The van der Waals surface area contributed by atoms with Gasteiger partial charge in [0.2, 0.25) is 0 Å². The van der Waals surface area contributed by atoms with Crippen LogP contribution < -0.4 is 5.32 Å². The van der Waals surface area contributed by atoms with Crippen LogP contribution in [0.5, 0.6) is 0 Å². The highest BCUT2D eigenvalue weighted by molar-refractivity contribution is 4.86. The Balaban J connectivity index is 2.25. The summed E-state index contributed by atoms with van der Waals surface area (Å²) in [6, 6.07) is 0. The van der Waals surface area contributed by atoms with E-state index in [0.29, 0.717) is 0 Å².